The highest BCUT2D eigenvalue weighted by Crippen LogP contribution is 2.25. The normalized spacial score (nSPS) is 10.4. The van der Waals surface area contributed by atoms with E-state index in [4.69, 9.17) is 4.42 Å². The first-order valence-corrected chi connectivity index (χ1v) is 7.24. The third-order valence-electron chi connectivity index (χ3n) is 2.00. The van der Waals surface area contributed by atoms with Gasteiger partial charge in [0, 0.05) is 6.42 Å². The number of hydrogen-bond donors (Lipinski definition) is 1. The number of nitrogens with zero attached hydrogens (tertiary/aromatic N) is 4. The fraction of sp³-hybridized carbons (Fsp3) is 0.333. The molecule has 2 aromatic heterocycles. The van der Waals surface area contributed by atoms with E-state index in [-0.39, 0.29) is 21.8 Å². The SMILES string of the molecule is CCc1nnc(SCC(=O)Nc2ncc([N+](=O)[O-])s2)o1. The summed E-state index contributed by atoms with van der Waals surface area (Å²) in [7, 11) is 0. The zero-order valence-corrected chi connectivity index (χ0v) is 11.9. The van der Waals surface area contributed by atoms with Crippen LogP contribution in [0.5, 0.6) is 0 Å². The Kier molecular flexibility index (Phi) is 4.63. The van der Waals surface area contributed by atoms with E-state index >= 15 is 0 Å². The summed E-state index contributed by atoms with van der Waals surface area (Å²) in [5, 5.41) is 20.8. The summed E-state index contributed by atoms with van der Waals surface area (Å²) in [5.74, 6) is 0.206. The molecule has 0 fully saturated rings. The molecule has 1 N–H and O–H groups in total. The fourth-order valence-corrected chi connectivity index (χ4v) is 2.36. The molecular weight excluding hydrogens is 306 g/mol. The van der Waals surface area contributed by atoms with Crippen molar-refractivity contribution in [3.8, 4) is 0 Å². The zero-order chi connectivity index (χ0) is 14.5. The first-order valence-electron chi connectivity index (χ1n) is 5.43. The average Bonchev–Trinajstić information content (AvgIpc) is 3.04. The molecule has 0 radical (unpaired) electrons. The number of carbonyl (C=O) groups excluding carboxylic acids is 1. The van der Waals surface area contributed by atoms with Gasteiger partial charge >= 0.3 is 5.00 Å². The number of aryl methyl sites for hydroxylation is 1. The van der Waals surface area contributed by atoms with Crippen molar-refractivity contribution >= 4 is 39.1 Å². The zero-order valence-electron chi connectivity index (χ0n) is 10.2. The summed E-state index contributed by atoms with van der Waals surface area (Å²) in [6, 6.07) is 0. The second-order valence-electron chi connectivity index (χ2n) is 3.41. The fourth-order valence-electron chi connectivity index (χ4n) is 1.13. The first kappa shape index (κ1) is 14.4. The van der Waals surface area contributed by atoms with Gasteiger partial charge in [0.1, 0.15) is 6.20 Å². The maximum absolute atomic E-state index is 11.6. The van der Waals surface area contributed by atoms with Crippen molar-refractivity contribution in [2.45, 2.75) is 18.6 Å². The highest BCUT2D eigenvalue weighted by atomic mass is 32.2. The Labute approximate surface area is 120 Å². The van der Waals surface area contributed by atoms with Gasteiger partial charge in [0.15, 0.2) is 5.13 Å². The summed E-state index contributed by atoms with van der Waals surface area (Å²) < 4.78 is 5.23. The van der Waals surface area contributed by atoms with Gasteiger partial charge in [-0.1, -0.05) is 18.7 Å². The molecule has 2 heterocycles. The van der Waals surface area contributed by atoms with Gasteiger partial charge in [-0.2, -0.15) is 0 Å². The minimum Gasteiger partial charge on any atom is -0.416 e. The van der Waals surface area contributed by atoms with E-state index in [1.165, 1.54) is 0 Å². The minimum atomic E-state index is -0.563. The highest BCUT2D eigenvalue weighted by Gasteiger charge is 2.14. The third-order valence-corrected chi connectivity index (χ3v) is 3.68. The standard InChI is InChI=1S/C9H9N5O4S2/c1-2-6-12-13-9(18-6)19-4-5(15)11-8-10-3-7(20-8)14(16)17/h3H,2,4H2,1H3,(H,10,11,15). The van der Waals surface area contributed by atoms with Crippen molar-refractivity contribution in [3.63, 3.8) is 0 Å². The Morgan fingerprint density at radius 3 is 3.00 bits per heavy atom. The summed E-state index contributed by atoms with van der Waals surface area (Å²) in [6.07, 6.45) is 1.72. The van der Waals surface area contributed by atoms with Crippen molar-refractivity contribution in [2.75, 3.05) is 11.1 Å². The lowest BCUT2D eigenvalue weighted by atomic mass is 10.5. The molecule has 0 saturated carbocycles. The lowest BCUT2D eigenvalue weighted by Gasteiger charge is -1.98. The van der Waals surface area contributed by atoms with Crippen LogP contribution in [-0.4, -0.2) is 31.8 Å². The van der Waals surface area contributed by atoms with Crippen molar-refractivity contribution < 1.29 is 14.1 Å². The molecule has 2 aromatic rings. The molecule has 2 rings (SSSR count). The van der Waals surface area contributed by atoms with Crippen LogP contribution < -0.4 is 5.32 Å². The predicted molar refractivity (Wildman–Crippen MR) is 71.8 cm³/mol. The summed E-state index contributed by atoms with van der Waals surface area (Å²) in [5.41, 5.74) is 0. The number of thioether (sulfide) groups is 1. The van der Waals surface area contributed by atoms with Crippen LogP contribution in [0.25, 0.3) is 0 Å². The number of rotatable bonds is 6. The number of anilines is 1. The molecule has 0 atom stereocenters. The Morgan fingerprint density at radius 2 is 2.40 bits per heavy atom. The maximum atomic E-state index is 11.6. The molecule has 1 amide bonds. The van der Waals surface area contributed by atoms with Gasteiger partial charge in [0.05, 0.1) is 10.7 Å². The number of amides is 1. The molecule has 0 aliphatic rings. The van der Waals surface area contributed by atoms with E-state index < -0.39 is 4.92 Å². The highest BCUT2D eigenvalue weighted by molar-refractivity contribution is 7.99. The molecule has 0 bridgehead atoms. The lowest BCUT2D eigenvalue weighted by Crippen LogP contribution is -2.13. The quantitative estimate of drug-likeness (QED) is 0.485. The van der Waals surface area contributed by atoms with Gasteiger partial charge in [-0.3, -0.25) is 14.9 Å². The first-order chi connectivity index (χ1) is 9.58. The number of aromatic nitrogens is 3. The number of nitrogens with one attached hydrogen (secondary N) is 1. The van der Waals surface area contributed by atoms with E-state index in [9.17, 15) is 14.9 Å². The second kappa shape index (κ2) is 6.43. The Bertz CT molecular complexity index is 625. The molecular formula is C9H9N5O4S2. The van der Waals surface area contributed by atoms with Crippen molar-refractivity contribution in [1.29, 1.82) is 0 Å². The Morgan fingerprint density at radius 1 is 1.60 bits per heavy atom. The van der Waals surface area contributed by atoms with Crippen LogP contribution in [0.3, 0.4) is 0 Å². The van der Waals surface area contributed by atoms with Gasteiger partial charge in [-0.15, -0.1) is 10.2 Å². The van der Waals surface area contributed by atoms with E-state index in [1.54, 1.807) is 0 Å². The molecule has 0 aromatic carbocycles. The molecule has 0 aliphatic carbocycles. The second-order valence-corrected chi connectivity index (χ2v) is 5.35. The number of thiazole rings is 1. The van der Waals surface area contributed by atoms with Gasteiger partial charge in [-0.25, -0.2) is 4.98 Å². The van der Waals surface area contributed by atoms with Crippen LogP contribution in [0.1, 0.15) is 12.8 Å². The molecule has 106 valence electrons. The van der Waals surface area contributed by atoms with Crippen LogP contribution in [-0.2, 0) is 11.2 Å². The number of hydrogen-bond acceptors (Lipinski definition) is 9. The molecule has 11 heteroatoms. The van der Waals surface area contributed by atoms with Crippen molar-refractivity contribution in [2.24, 2.45) is 0 Å². The minimum absolute atomic E-state index is 0.0543. The van der Waals surface area contributed by atoms with Crippen LogP contribution >= 0.6 is 23.1 Å². The van der Waals surface area contributed by atoms with E-state index in [1.807, 2.05) is 6.92 Å². The largest absolute Gasteiger partial charge is 0.416 e. The van der Waals surface area contributed by atoms with Crippen LogP contribution in [0.15, 0.2) is 15.8 Å². The summed E-state index contributed by atoms with van der Waals surface area (Å²) in [6.45, 7) is 1.88. The van der Waals surface area contributed by atoms with Crippen molar-refractivity contribution in [3.05, 3.63) is 22.2 Å². The van der Waals surface area contributed by atoms with E-state index in [2.05, 4.69) is 20.5 Å². The van der Waals surface area contributed by atoms with E-state index in [0.717, 1.165) is 29.3 Å². The van der Waals surface area contributed by atoms with Crippen LogP contribution in [0.4, 0.5) is 10.1 Å². The lowest BCUT2D eigenvalue weighted by molar-refractivity contribution is -0.380. The third kappa shape index (κ3) is 3.74. The molecule has 0 saturated heterocycles. The molecule has 0 aliphatic heterocycles. The van der Waals surface area contributed by atoms with Crippen LogP contribution in [0.2, 0.25) is 0 Å². The van der Waals surface area contributed by atoms with Crippen LogP contribution in [0, 0.1) is 10.1 Å². The van der Waals surface area contributed by atoms with Gasteiger partial charge in [0.25, 0.3) is 5.22 Å². The summed E-state index contributed by atoms with van der Waals surface area (Å²) in [4.78, 5) is 25.3. The van der Waals surface area contributed by atoms with E-state index in [0.29, 0.717) is 17.5 Å². The number of nitro groups is 1. The topological polar surface area (TPSA) is 124 Å². The van der Waals surface area contributed by atoms with Gasteiger partial charge in [0.2, 0.25) is 11.8 Å². The monoisotopic (exact) mass is 315 g/mol. The van der Waals surface area contributed by atoms with Crippen molar-refractivity contribution in [1.82, 2.24) is 15.2 Å². The average molecular weight is 315 g/mol. The number of carbonyl (C=O) groups is 1. The Hall–Kier alpha value is -2.01. The molecule has 0 unspecified atom stereocenters. The van der Waals surface area contributed by atoms with Gasteiger partial charge in [-0.05, 0) is 11.3 Å². The predicted octanol–water partition coefficient (Wildman–Crippen LogP) is 1.73. The molecule has 20 heavy (non-hydrogen) atoms. The molecule has 0 spiro atoms. The summed E-state index contributed by atoms with van der Waals surface area (Å²) >= 11 is 1.88. The molecule has 9 nitrogen and oxygen atoms in total. The van der Waals surface area contributed by atoms with Gasteiger partial charge < -0.3 is 9.73 Å². The Balaban J connectivity index is 1.84. The smallest absolute Gasteiger partial charge is 0.345 e. The maximum Gasteiger partial charge on any atom is 0.345 e.